The lowest BCUT2D eigenvalue weighted by Gasteiger charge is -2.03. The SMILES string of the molecule is COC(=O)CCc1ccc(C)c(O)c1. The van der Waals surface area contributed by atoms with E-state index in [1.807, 2.05) is 19.1 Å². The maximum Gasteiger partial charge on any atom is 0.305 e. The number of benzene rings is 1. The summed E-state index contributed by atoms with van der Waals surface area (Å²) < 4.78 is 4.52. The summed E-state index contributed by atoms with van der Waals surface area (Å²) in [6, 6.07) is 5.41. The van der Waals surface area contributed by atoms with Gasteiger partial charge in [0.15, 0.2) is 0 Å². The van der Waals surface area contributed by atoms with Gasteiger partial charge in [-0.05, 0) is 30.5 Å². The summed E-state index contributed by atoms with van der Waals surface area (Å²) >= 11 is 0. The van der Waals surface area contributed by atoms with Crippen LogP contribution in [0.3, 0.4) is 0 Å². The number of phenols is 1. The fourth-order valence-corrected chi connectivity index (χ4v) is 1.16. The molecule has 3 nitrogen and oxygen atoms in total. The molecule has 0 bridgehead atoms. The quantitative estimate of drug-likeness (QED) is 0.746. The van der Waals surface area contributed by atoms with Crippen LogP contribution in [-0.2, 0) is 16.0 Å². The minimum atomic E-state index is -0.231. The first-order chi connectivity index (χ1) is 6.63. The molecule has 0 aromatic heterocycles. The van der Waals surface area contributed by atoms with E-state index >= 15 is 0 Å². The molecule has 0 aliphatic carbocycles. The molecule has 0 fully saturated rings. The number of rotatable bonds is 3. The molecule has 0 atom stereocenters. The fraction of sp³-hybridized carbons (Fsp3) is 0.364. The first kappa shape index (κ1) is 10.6. The second-order valence-electron chi connectivity index (χ2n) is 3.20. The van der Waals surface area contributed by atoms with Crippen LogP contribution in [-0.4, -0.2) is 18.2 Å². The second kappa shape index (κ2) is 4.65. The monoisotopic (exact) mass is 194 g/mol. The minimum absolute atomic E-state index is 0.231. The van der Waals surface area contributed by atoms with Crippen LogP contribution in [0, 0.1) is 6.92 Å². The van der Waals surface area contributed by atoms with Crippen molar-refractivity contribution in [2.45, 2.75) is 19.8 Å². The largest absolute Gasteiger partial charge is 0.508 e. The lowest BCUT2D eigenvalue weighted by atomic mass is 10.1. The number of hydrogen-bond acceptors (Lipinski definition) is 3. The molecule has 0 aliphatic rings. The highest BCUT2D eigenvalue weighted by Crippen LogP contribution is 2.18. The van der Waals surface area contributed by atoms with Crippen LogP contribution in [0.1, 0.15) is 17.5 Å². The molecule has 0 unspecified atom stereocenters. The van der Waals surface area contributed by atoms with Gasteiger partial charge in [0, 0.05) is 6.42 Å². The number of esters is 1. The molecule has 1 N–H and O–H groups in total. The molecule has 76 valence electrons. The Kier molecular flexibility index (Phi) is 3.51. The van der Waals surface area contributed by atoms with Crippen LogP contribution in [0.4, 0.5) is 0 Å². The van der Waals surface area contributed by atoms with Crippen LogP contribution >= 0.6 is 0 Å². The third kappa shape index (κ3) is 2.76. The zero-order valence-electron chi connectivity index (χ0n) is 8.41. The highest BCUT2D eigenvalue weighted by Gasteiger charge is 2.03. The zero-order valence-corrected chi connectivity index (χ0v) is 8.41. The summed E-state index contributed by atoms with van der Waals surface area (Å²) in [7, 11) is 1.37. The molecule has 1 aromatic rings. The average Bonchev–Trinajstić information content (AvgIpc) is 2.19. The molecule has 0 heterocycles. The van der Waals surface area contributed by atoms with Crippen LogP contribution in [0.5, 0.6) is 5.75 Å². The van der Waals surface area contributed by atoms with E-state index in [4.69, 9.17) is 0 Å². The van der Waals surface area contributed by atoms with Crippen LogP contribution in [0.25, 0.3) is 0 Å². The number of carbonyl (C=O) groups excluding carboxylic acids is 1. The van der Waals surface area contributed by atoms with E-state index in [9.17, 15) is 9.90 Å². The van der Waals surface area contributed by atoms with Gasteiger partial charge < -0.3 is 9.84 Å². The van der Waals surface area contributed by atoms with Gasteiger partial charge in [0.05, 0.1) is 7.11 Å². The smallest absolute Gasteiger partial charge is 0.305 e. The van der Waals surface area contributed by atoms with Crippen molar-refractivity contribution in [2.75, 3.05) is 7.11 Å². The van der Waals surface area contributed by atoms with Crippen molar-refractivity contribution >= 4 is 5.97 Å². The molecular formula is C11H14O3. The number of ether oxygens (including phenoxy) is 1. The fourth-order valence-electron chi connectivity index (χ4n) is 1.16. The number of aromatic hydroxyl groups is 1. The molecule has 0 saturated carbocycles. The Labute approximate surface area is 83.3 Å². The topological polar surface area (TPSA) is 46.5 Å². The third-order valence-corrected chi connectivity index (χ3v) is 2.12. The van der Waals surface area contributed by atoms with E-state index in [1.54, 1.807) is 6.07 Å². The van der Waals surface area contributed by atoms with Gasteiger partial charge in [0.25, 0.3) is 0 Å². The van der Waals surface area contributed by atoms with E-state index in [0.717, 1.165) is 11.1 Å². The van der Waals surface area contributed by atoms with E-state index in [2.05, 4.69) is 4.74 Å². The summed E-state index contributed by atoms with van der Waals surface area (Å²) in [5.41, 5.74) is 1.78. The van der Waals surface area contributed by atoms with Gasteiger partial charge in [-0.25, -0.2) is 0 Å². The van der Waals surface area contributed by atoms with Crippen molar-refractivity contribution in [3.8, 4) is 5.75 Å². The van der Waals surface area contributed by atoms with Gasteiger partial charge in [-0.15, -0.1) is 0 Å². The molecule has 0 saturated heterocycles. The predicted octanol–water partition coefficient (Wildman–Crippen LogP) is 1.81. The Morgan fingerprint density at radius 3 is 2.79 bits per heavy atom. The van der Waals surface area contributed by atoms with Crippen LogP contribution in [0.15, 0.2) is 18.2 Å². The molecule has 3 heteroatoms. The van der Waals surface area contributed by atoms with Crippen molar-refractivity contribution in [3.63, 3.8) is 0 Å². The van der Waals surface area contributed by atoms with Gasteiger partial charge in [-0.3, -0.25) is 4.79 Å². The maximum atomic E-state index is 10.9. The number of aryl methyl sites for hydroxylation is 2. The normalized spacial score (nSPS) is 9.86. The first-order valence-electron chi connectivity index (χ1n) is 4.49. The van der Waals surface area contributed by atoms with Crippen molar-refractivity contribution in [2.24, 2.45) is 0 Å². The van der Waals surface area contributed by atoms with Gasteiger partial charge in [-0.2, -0.15) is 0 Å². The minimum Gasteiger partial charge on any atom is -0.508 e. The highest BCUT2D eigenvalue weighted by atomic mass is 16.5. The highest BCUT2D eigenvalue weighted by molar-refractivity contribution is 5.69. The van der Waals surface area contributed by atoms with Crippen molar-refractivity contribution in [1.82, 2.24) is 0 Å². The predicted molar refractivity (Wildman–Crippen MR) is 53.2 cm³/mol. The van der Waals surface area contributed by atoms with E-state index in [1.165, 1.54) is 7.11 Å². The second-order valence-corrected chi connectivity index (χ2v) is 3.20. The summed E-state index contributed by atoms with van der Waals surface area (Å²) in [4.78, 5) is 10.9. The van der Waals surface area contributed by atoms with Crippen LogP contribution < -0.4 is 0 Å². The summed E-state index contributed by atoms with van der Waals surface area (Å²) in [5, 5.41) is 9.41. The van der Waals surface area contributed by atoms with Gasteiger partial charge in [0.2, 0.25) is 0 Å². The maximum absolute atomic E-state index is 10.9. The molecule has 1 aromatic carbocycles. The van der Waals surface area contributed by atoms with Crippen molar-refractivity contribution < 1.29 is 14.6 Å². The Bertz CT molecular complexity index is 331. The average molecular weight is 194 g/mol. The molecular weight excluding hydrogens is 180 g/mol. The Morgan fingerprint density at radius 2 is 2.21 bits per heavy atom. The Hall–Kier alpha value is -1.51. The van der Waals surface area contributed by atoms with Crippen molar-refractivity contribution in [3.05, 3.63) is 29.3 Å². The summed E-state index contributed by atoms with van der Waals surface area (Å²) in [6.07, 6.45) is 0.944. The van der Waals surface area contributed by atoms with Gasteiger partial charge >= 0.3 is 5.97 Å². The number of hydrogen-bond donors (Lipinski definition) is 1. The molecule has 0 spiro atoms. The lowest BCUT2D eigenvalue weighted by Crippen LogP contribution is -2.01. The van der Waals surface area contributed by atoms with E-state index in [-0.39, 0.29) is 11.7 Å². The number of methoxy groups -OCH3 is 1. The summed E-state index contributed by atoms with van der Waals surface area (Å²) in [5.74, 6) is 0.0393. The van der Waals surface area contributed by atoms with Crippen molar-refractivity contribution in [1.29, 1.82) is 0 Å². The standard InChI is InChI=1S/C11H14O3/c1-8-3-4-9(7-10(8)12)5-6-11(13)14-2/h3-4,7,12H,5-6H2,1-2H3. The van der Waals surface area contributed by atoms with Crippen LogP contribution in [0.2, 0.25) is 0 Å². The molecule has 14 heavy (non-hydrogen) atoms. The Morgan fingerprint density at radius 1 is 1.50 bits per heavy atom. The lowest BCUT2D eigenvalue weighted by molar-refractivity contribution is -0.140. The molecule has 0 radical (unpaired) electrons. The number of phenolic OH excluding ortho intramolecular Hbond substituents is 1. The van der Waals surface area contributed by atoms with Gasteiger partial charge in [0.1, 0.15) is 5.75 Å². The first-order valence-corrected chi connectivity index (χ1v) is 4.49. The number of carbonyl (C=O) groups is 1. The molecule has 0 aliphatic heterocycles. The summed E-state index contributed by atoms with van der Waals surface area (Å²) in [6.45, 7) is 1.83. The Balaban J connectivity index is 2.60. The van der Waals surface area contributed by atoms with E-state index in [0.29, 0.717) is 12.8 Å². The molecule has 0 amide bonds. The van der Waals surface area contributed by atoms with E-state index < -0.39 is 0 Å². The zero-order chi connectivity index (χ0) is 10.6. The molecule has 1 rings (SSSR count). The third-order valence-electron chi connectivity index (χ3n) is 2.12. The van der Waals surface area contributed by atoms with Gasteiger partial charge in [-0.1, -0.05) is 12.1 Å².